The highest BCUT2D eigenvalue weighted by atomic mass is 16.4. The van der Waals surface area contributed by atoms with Gasteiger partial charge in [-0.3, -0.25) is 14.2 Å². The molecule has 2 N–H and O–H groups in total. The van der Waals surface area contributed by atoms with Gasteiger partial charge in [-0.1, -0.05) is 13.8 Å². The third-order valence-electron chi connectivity index (χ3n) is 3.75. The van der Waals surface area contributed by atoms with Crippen LogP contribution in [0.5, 0.6) is 0 Å². The third-order valence-corrected chi connectivity index (χ3v) is 3.75. The Morgan fingerprint density at radius 3 is 2.46 bits per heavy atom. The first kappa shape index (κ1) is 17.4. The molecule has 2 aromatic heterocycles. The minimum Gasteiger partial charge on any atom is -0.480 e. The Bertz CT molecular complexity index is 920. The molecule has 10 heteroatoms. The molecule has 24 heavy (non-hydrogen) atoms. The number of hydrogen-bond acceptors (Lipinski definition) is 5. The summed E-state index contributed by atoms with van der Waals surface area (Å²) in [6.07, 6.45) is 1.40. The predicted molar refractivity (Wildman–Crippen MR) is 84.6 cm³/mol. The molecule has 0 saturated carbocycles. The second kappa shape index (κ2) is 6.30. The molecule has 2 aromatic rings. The number of fused-ring (bicyclic) bond motifs is 1. The molecule has 0 spiro atoms. The molecule has 0 aromatic carbocycles. The van der Waals surface area contributed by atoms with Gasteiger partial charge >= 0.3 is 11.7 Å². The van der Waals surface area contributed by atoms with E-state index in [1.807, 2.05) is 0 Å². The molecule has 130 valence electrons. The van der Waals surface area contributed by atoms with Crippen molar-refractivity contribution in [2.45, 2.75) is 26.4 Å². The van der Waals surface area contributed by atoms with Gasteiger partial charge in [0.05, 0.1) is 6.33 Å². The zero-order valence-corrected chi connectivity index (χ0v) is 13.8. The first-order valence-electron chi connectivity index (χ1n) is 7.28. The standard InChI is InChI=1S/C14H19N5O5/c1-7(2)9(13(22)23)16-8(20)5-19-12(21)10-11(15-6-17(10)3)18(4)14(19)24/h6-7,9H,5H2,1-4H3,(H,16,20)(H,22,23)/t9-/m0/s1. The lowest BCUT2D eigenvalue weighted by Crippen LogP contribution is -2.49. The summed E-state index contributed by atoms with van der Waals surface area (Å²) in [5.41, 5.74) is -0.948. The molecule has 2 heterocycles. The number of aryl methyl sites for hydroxylation is 2. The number of aliphatic carboxylic acids is 1. The number of nitrogens with zero attached hydrogens (tertiary/aromatic N) is 4. The fourth-order valence-electron chi connectivity index (χ4n) is 2.41. The van der Waals surface area contributed by atoms with Crippen molar-refractivity contribution in [3.63, 3.8) is 0 Å². The van der Waals surface area contributed by atoms with Gasteiger partial charge in [0.2, 0.25) is 5.91 Å². The average Bonchev–Trinajstić information content (AvgIpc) is 2.88. The number of imidazole rings is 1. The van der Waals surface area contributed by atoms with Crippen LogP contribution in [0, 0.1) is 5.92 Å². The fraction of sp³-hybridized carbons (Fsp3) is 0.500. The normalized spacial score (nSPS) is 12.5. The number of carboxylic acids is 1. The van der Waals surface area contributed by atoms with Crippen molar-refractivity contribution < 1.29 is 14.7 Å². The van der Waals surface area contributed by atoms with E-state index >= 15 is 0 Å². The van der Waals surface area contributed by atoms with Gasteiger partial charge in [-0.05, 0) is 5.92 Å². The van der Waals surface area contributed by atoms with E-state index in [-0.39, 0.29) is 17.1 Å². The van der Waals surface area contributed by atoms with Gasteiger partial charge in [0.25, 0.3) is 5.56 Å². The number of hydrogen-bond donors (Lipinski definition) is 2. The van der Waals surface area contributed by atoms with Crippen molar-refractivity contribution in [3.8, 4) is 0 Å². The summed E-state index contributed by atoms with van der Waals surface area (Å²) in [4.78, 5) is 52.0. The monoisotopic (exact) mass is 337 g/mol. The summed E-state index contributed by atoms with van der Waals surface area (Å²) in [5, 5.41) is 11.4. The number of amides is 1. The molecular weight excluding hydrogens is 318 g/mol. The van der Waals surface area contributed by atoms with Crippen LogP contribution in [0.25, 0.3) is 11.2 Å². The number of aromatic nitrogens is 4. The molecule has 0 bridgehead atoms. The van der Waals surface area contributed by atoms with E-state index in [4.69, 9.17) is 5.11 Å². The lowest BCUT2D eigenvalue weighted by molar-refractivity contribution is -0.143. The average molecular weight is 337 g/mol. The number of carbonyl (C=O) groups excluding carboxylic acids is 1. The Morgan fingerprint density at radius 1 is 1.29 bits per heavy atom. The van der Waals surface area contributed by atoms with Crippen LogP contribution < -0.4 is 16.6 Å². The van der Waals surface area contributed by atoms with Crippen LogP contribution in [0.3, 0.4) is 0 Å². The summed E-state index contributed by atoms with van der Waals surface area (Å²) >= 11 is 0. The van der Waals surface area contributed by atoms with Crippen molar-refractivity contribution in [1.82, 2.24) is 24.0 Å². The van der Waals surface area contributed by atoms with Gasteiger partial charge in [0, 0.05) is 14.1 Å². The Morgan fingerprint density at radius 2 is 1.92 bits per heavy atom. The zero-order chi connectivity index (χ0) is 18.2. The highest BCUT2D eigenvalue weighted by molar-refractivity contribution is 5.83. The largest absolute Gasteiger partial charge is 0.480 e. The van der Waals surface area contributed by atoms with Gasteiger partial charge in [0.1, 0.15) is 12.6 Å². The Kier molecular flexibility index (Phi) is 4.58. The van der Waals surface area contributed by atoms with Gasteiger partial charge in [-0.2, -0.15) is 0 Å². The second-order valence-electron chi connectivity index (χ2n) is 5.89. The van der Waals surface area contributed by atoms with Gasteiger partial charge in [-0.15, -0.1) is 0 Å². The molecule has 1 amide bonds. The van der Waals surface area contributed by atoms with Crippen LogP contribution in [0.4, 0.5) is 0 Å². The van der Waals surface area contributed by atoms with Crippen molar-refractivity contribution in [1.29, 1.82) is 0 Å². The molecule has 0 aliphatic heterocycles. The minimum atomic E-state index is -1.18. The molecule has 0 fully saturated rings. The Labute approximate surface area is 136 Å². The lowest BCUT2D eigenvalue weighted by atomic mass is 10.1. The zero-order valence-electron chi connectivity index (χ0n) is 13.8. The van der Waals surface area contributed by atoms with Crippen molar-refractivity contribution >= 4 is 23.0 Å². The maximum absolute atomic E-state index is 12.5. The van der Waals surface area contributed by atoms with E-state index in [0.29, 0.717) is 0 Å². The van der Waals surface area contributed by atoms with E-state index in [0.717, 1.165) is 4.57 Å². The van der Waals surface area contributed by atoms with Gasteiger partial charge in [0.15, 0.2) is 11.2 Å². The van der Waals surface area contributed by atoms with Crippen LogP contribution in [-0.4, -0.2) is 41.7 Å². The number of rotatable bonds is 5. The van der Waals surface area contributed by atoms with E-state index in [1.54, 1.807) is 20.9 Å². The van der Waals surface area contributed by atoms with Crippen molar-refractivity contribution in [2.75, 3.05) is 0 Å². The topological polar surface area (TPSA) is 128 Å². The highest BCUT2D eigenvalue weighted by Gasteiger charge is 2.24. The summed E-state index contributed by atoms with van der Waals surface area (Å²) < 4.78 is 3.39. The molecule has 0 unspecified atom stereocenters. The molecule has 0 radical (unpaired) electrons. The van der Waals surface area contributed by atoms with Crippen LogP contribution in [-0.2, 0) is 30.2 Å². The summed E-state index contributed by atoms with van der Waals surface area (Å²) in [5.74, 6) is -2.25. The molecule has 1 atom stereocenters. The van der Waals surface area contributed by atoms with Crippen LogP contribution in [0.2, 0.25) is 0 Å². The molecular formula is C14H19N5O5. The first-order chi connectivity index (χ1) is 11.1. The quantitative estimate of drug-likeness (QED) is 0.695. The maximum atomic E-state index is 12.5. The molecule has 0 aliphatic rings. The molecule has 10 nitrogen and oxygen atoms in total. The summed E-state index contributed by atoms with van der Waals surface area (Å²) in [6, 6.07) is -1.10. The SMILES string of the molecule is CC(C)[C@H](NC(=O)Cn1c(=O)c2c(ncn2C)n(C)c1=O)C(=O)O. The Balaban J connectivity index is 2.42. The predicted octanol–water partition coefficient (Wildman–Crippen LogP) is -1.34. The molecule has 0 saturated heterocycles. The number of carboxylic acid groups (broad SMARTS) is 1. The van der Waals surface area contributed by atoms with Gasteiger partial charge < -0.3 is 15.0 Å². The smallest absolute Gasteiger partial charge is 0.332 e. The van der Waals surface area contributed by atoms with E-state index < -0.39 is 35.7 Å². The van der Waals surface area contributed by atoms with Crippen LogP contribution in [0.15, 0.2) is 15.9 Å². The fourth-order valence-corrected chi connectivity index (χ4v) is 2.41. The molecule has 2 rings (SSSR count). The van der Waals surface area contributed by atoms with Crippen molar-refractivity contribution in [3.05, 3.63) is 27.2 Å². The van der Waals surface area contributed by atoms with E-state index in [9.17, 15) is 19.2 Å². The summed E-state index contributed by atoms with van der Waals surface area (Å²) in [6.45, 7) is 2.72. The third kappa shape index (κ3) is 2.94. The van der Waals surface area contributed by atoms with Crippen molar-refractivity contribution in [2.24, 2.45) is 20.0 Å². The first-order valence-corrected chi connectivity index (χ1v) is 7.28. The minimum absolute atomic E-state index is 0.184. The van der Waals surface area contributed by atoms with Gasteiger partial charge in [-0.25, -0.2) is 19.1 Å². The maximum Gasteiger partial charge on any atom is 0.332 e. The number of nitrogens with one attached hydrogen (secondary N) is 1. The van der Waals surface area contributed by atoms with Crippen LogP contribution in [0.1, 0.15) is 13.8 Å². The number of carbonyl (C=O) groups is 2. The molecule has 0 aliphatic carbocycles. The summed E-state index contributed by atoms with van der Waals surface area (Å²) in [7, 11) is 3.05. The Hall–Kier alpha value is -2.91. The van der Waals surface area contributed by atoms with E-state index in [2.05, 4.69) is 10.3 Å². The van der Waals surface area contributed by atoms with E-state index in [1.165, 1.54) is 22.5 Å². The highest BCUT2D eigenvalue weighted by Crippen LogP contribution is 2.04. The second-order valence-corrected chi connectivity index (χ2v) is 5.89. The lowest BCUT2D eigenvalue weighted by Gasteiger charge is -2.18. The van der Waals surface area contributed by atoms with Crippen LogP contribution >= 0.6 is 0 Å².